The fourth-order valence-corrected chi connectivity index (χ4v) is 5.35. The third-order valence-electron chi connectivity index (χ3n) is 4.56. The van der Waals surface area contributed by atoms with Gasteiger partial charge in [0.25, 0.3) is 0 Å². The van der Waals surface area contributed by atoms with Crippen LogP contribution in [-0.2, 0) is 28.0 Å². The van der Waals surface area contributed by atoms with Crippen molar-refractivity contribution in [1.29, 1.82) is 0 Å². The molecule has 0 radical (unpaired) electrons. The van der Waals surface area contributed by atoms with Crippen LogP contribution in [0, 0.1) is 11.2 Å². The molecule has 2 aromatic carbocycles. The Morgan fingerprint density at radius 1 is 0.697 bits per heavy atom. The first kappa shape index (κ1) is 26.4. The lowest BCUT2D eigenvalue weighted by atomic mass is 10.1. The summed E-state index contributed by atoms with van der Waals surface area (Å²) in [6, 6.07) is 6.93. The Hall–Kier alpha value is -2.90. The molecule has 0 saturated carbocycles. The minimum atomic E-state index is -1.59. The third-order valence-corrected chi connectivity index (χ3v) is 7.45. The molecule has 0 heterocycles. The van der Waals surface area contributed by atoms with Crippen molar-refractivity contribution in [3.63, 3.8) is 0 Å². The van der Waals surface area contributed by atoms with E-state index >= 15 is 0 Å². The van der Waals surface area contributed by atoms with Crippen LogP contribution >= 0.6 is 0 Å². The number of aryl methyl sites for hydroxylation is 1. The lowest BCUT2D eigenvalue weighted by molar-refractivity contribution is 0.324. The van der Waals surface area contributed by atoms with Crippen molar-refractivity contribution in [3.05, 3.63) is 35.4 Å². The number of hydrogen-bond donors (Lipinski definition) is 0. The molecule has 180 valence electrons. The summed E-state index contributed by atoms with van der Waals surface area (Å²) in [7, 11) is 6.19. The van der Waals surface area contributed by atoms with Gasteiger partial charge in [-0.15, -0.1) is 0 Å². The second-order valence-corrected chi connectivity index (χ2v) is 9.66. The maximum absolute atomic E-state index is 12.5. The molecule has 2 aromatic rings. The van der Waals surface area contributed by atoms with Crippen molar-refractivity contribution in [2.45, 2.75) is 6.42 Å². The highest BCUT2D eigenvalue weighted by atomic mass is 32.2. The van der Waals surface area contributed by atoms with Gasteiger partial charge >= 0.3 is 0 Å². The molecule has 0 spiro atoms. The van der Waals surface area contributed by atoms with E-state index in [4.69, 9.17) is 28.4 Å². The zero-order valence-electron chi connectivity index (χ0n) is 19.5. The molecule has 0 aliphatic heterocycles. The molecule has 0 amide bonds. The molecule has 2 atom stereocenters. The van der Waals surface area contributed by atoms with Crippen LogP contribution in [0.3, 0.4) is 0 Å². The van der Waals surface area contributed by atoms with Crippen LogP contribution in [0.5, 0.6) is 34.5 Å². The topological polar surface area (TPSA) is 89.5 Å². The molecule has 0 bridgehead atoms. The summed E-state index contributed by atoms with van der Waals surface area (Å²) in [5, 5.41) is 2.59. The molecular weight excluding hydrogens is 468 g/mol. The van der Waals surface area contributed by atoms with Gasteiger partial charge in [0.15, 0.2) is 23.0 Å². The van der Waals surface area contributed by atoms with E-state index in [0.29, 0.717) is 52.2 Å². The molecule has 0 saturated heterocycles. The Morgan fingerprint density at radius 3 is 1.58 bits per heavy atom. The maximum atomic E-state index is 12.5. The number of hydrogen-bond acceptors (Lipinski definition) is 8. The highest BCUT2D eigenvalue weighted by Gasteiger charge is 2.15. The molecular formula is C23H28O8S2. The monoisotopic (exact) mass is 496 g/mol. The molecule has 0 aliphatic carbocycles. The van der Waals surface area contributed by atoms with Gasteiger partial charge in [0, 0.05) is 27.4 Å². The summed E-state index contributed by atoms with van der Waals surface area (Å²) in [6.07, 6.45) is 0.487. The van der Waals surface area contributed by atoms with Gasteiger partial charge in [0.2, 0.25) is 11.5 Å². The van der Waals surface area contributed by atoms with E-state index in [9.17, 15) is 8.42 Å². The van der Waals surface area contributed by atoms with Gasteiger partial charge in [0.05, 0.1) is 42.7 Å². The van der Waals surface area contributed by atoms with Gasteiger partial charge in [-0.25, -0.2) is 4.21 Å². The maximum Gasteiger partial charge on any atom is 0.203 e. The van der Waals surface area contributed by atoms with Crippen molar-refractivity contribution >= 4 is 21.6 Å². The molecule has 33 heavy (non-hydrogen) atoms. The largest absolute Gasteiger partial charge is 0.493 e. The lowest BCUT2D eigenvalue weighted by Gasteiger charge is -2.14. The summed E-state index contributed by atoms with van der Waals surface area (Å²) in [6.45, 7) is 0. The fourth-order valence-electron chi connectivity index (χ4n) is 2.99. The van der Waals surface area contributed by atoms with Crippen LogP contribution < -0.4 is 28.4 Å². The number of benzene rings is 2. The van der Waals surface area contributed by atoms with E-state index in [0.717, 1.165) is 5.56 Å². The molecule has 0 N–H and O–H groups in total. The van der Waals surface area contributed by atoms with Crippen LogP contribution in [0.1, 0.15) is 11.1 Å². The molecule has 0 fully saturated rings. The Bertz CT molecular complexity index is 1020. The van der Waals surface area contributed by atoms with Gasteiger partial charge in [-0.1, -0.05) is 5.92 Å². The van der Waals surface area contributed by atoms with Crippen LogP contribution in [-0.4, -0.2) is 61.9 Å². The molecule has 8 nitrogen and oxygen atoms in total. The number of methoxy groups -OCH3 is 6. The first-order valence-electron chi connectivity index (χ1n) is 9.74. The predicted molar refractivity (Wildman–Crippen MR) is 129 cm³/mol. The Kier molecular flexibility index (Phi) is 10.4. The van der Waals surface area contributed by atoms with E-state index < -0.39 is 21.6 Å². The average Bonchev–Trinajstić information content (AvgIpc) is 2.84. The molecule has 10 heteroatoms. The van der Waals surface area contributed by atoms with Crippen LogP contribution in [0.2, 0.25) is 0 Å². The average molecular weight is 497 g/mol. The lowest BCUT2D eigenvalue weighted by Crippen LogP contribution is -2.09. The van der Waals surface area contributed by atoms with E-state index in [1.807, 2.05) is 0 Å². The SMILES string of the molecule is COc1cc(C#CS(=O)CS(=O)CCc2cc(OC)c(OC)c(OC)c2)cc(OC)c1OC. The molecule has 2 rings (SSSR count). The number of rotatable bonds is 11. The van der Waals surface area contributed by atoms with Gasteiger partial charge in [0.1, 0.15) is 15.9 Å². The molecule has 0 aliphatic rings. The standard InChI is InChI=1S/C23H28O8S2/c1-26-18-11-16(12-19(27-2)22(18)30-5)7-9-32(24)15-33(25)10-8-17-13-20(28-3)23(31-6)21(14-17)29-4/h11-14H,7,9,15H2,1-6H3. The van der Waals surface area contributed by atoms with Gasteiger partial charge in [-0.05, 0) is 36.2 Å². The quantitative estimate of drug-likeness (QED) is 0.439. The van der Waals surface area contributed by atoms with Crippen LogP contribution in [0.25, 0.3) is 0 Å². The zero-order valence-corrected chi connectivity index (χ0v) is 21.1. The smallest absolute Gasteiger partial charge is 0.203 e. The molecule has 2 unspecified atom stereocenters. The minimum Gasteiger partial charge on any atom is -0.493 e. The number of ether oxygens (including phenoxy) is 6. The minimum absolute atomic E-state index is 0.0537. The summed E-state index contributed by atoms with van der Waals surface area (Å²) in [5.74, 6) is 6.01. The molecule has 0 aromatic heterocycles. The summed E-state index contributed by atoms with van der Waals surface area (Å²) < 4.78 is 56.7. The van der Waals surface area contributed by atoms with Gasteiger partial charge < -0.3 is 28.4 Å². The first-order valence-corrected chi connectivity index (χ1v) is 12.5. The highest BCUT2D eigenvalue weighted by molar-refractivity contribution is 8.04. The Labute approximate surface area is 199 Å². The van der Waals surface area contributed by atoms with Crippen molar-refractivity contribution in [2.24, 2.45) is 0 Å². The second-order valence-electron chi connectivity index (χ2n) is 6.53. The summed E-state index contributed by atoms with van der Waals surface area (Å²) >= 11 is 0. The Balaban J connectivity index is 2.04. The van der Waals surface area contributed by atoms with E-state index in [-0.39, 0.29) is 5.08 Å². The second kappa shape index (κ2) is 13.0. The fraction of sp³-hybridized carbons (Fsp3) is 0.391. The zero-order chi connectivity index (χ0) is 24.4. The van der Waals surface area contributed by atoms with E-state index in [1.165, 1.54) is 42.7 Å². The van der Waals surface area contributed by atoms with Gasteiger partial charge in [-0.3, -0.25) is 4.21 Å². The Morgan fingerprint density at radius 2 is 1.15 bits per heavy atom. The summed E-state index contributed by atoms with van der Waals surface area (Å²) in [5.41, 5.74) is 1.41. The van der Waals surface area contributed by atoms with E-state index in [2.05, 4.69) is 11.2 Å². The van der Waals surface area contributed by atoms with Crippen molar-refractivity contribution < 1.29 is 36.8 Å². The predicted octanol–water partition coefficient (Wildman–Crippen LogP) is 2.74. The van der Waals surface area contributed by atoms with Gasteiger partial charge in [-0.2, -0.15) is 0 Å². The first-order chi connectivity index (χ1) is 15.9. The third kappa shape index (κ3) is 7.04. The highest BCUT2D eigenvalue weighted by Crippen LogP contribution is 2.39. The van der Waals surface area contributed by atoms with Crippen molar-refractivity contribution in [1.82, 2.24) is 0 Å². The summed E-state index contributed by atoms with van der Waals surface area (Å²) in [4.78, 5) is 0. The van der Waals surface area contributed by atoms with Crippen LogP contribution in [0.15, 0.2) is 24.3 Å². The van der Waals surface area contributed by atoms with Crippen molar-refractivity contribution in [2.75, 3.05) is 53.5 Å². The van der Waals surface area contributed by atoms with E-state index in [1.54, 1.807) is 24.3 Å². The van der Waals surface area contributed by atoms with Crippen LogP contribution in [0.4, 0.5) is 0 Å². The van der Waals surface area contributed by atoms with Crippen molar-refractivity contribution in [3.8, 4) is 45.7 Å². The normalized spacial score (nSPS) is 12.1.